The van der Waals surface area contributed by atoms with Crippen LogP contribution in [0.1, 0.15) is 69.1 Å². The van der Waals surface area contributed by atoms with Crippen LogP contribution in [-0.2, 0) is 28.0 Å². The average molecular weight is 561 g/mol. The van der Waals surface area contributed by atoms with Gasteiger partial charge >= 0.3 is 5.97 Å². The number of nitrogens with one attached hydrogen (secondary N) is 1. The lowest BCUT2D eigenvalue weighted by atomic mass is 9.85. The average Bonchev–Trinajstić information content (AvgIpc) is 3.60. The highest BCUT2D eigenvalue weighted by molar-refractivity contribution is 7.10. The van der Waals surface area contributed by atoms with E-state index in [1.165, 1.54) is 43.4 Å². The molecule has 4 aromatic rings. The van der Waals surface area contributed by atoms with Crippen molar-refractivity contribution in [2.24, 2.45) is 11.3 Å². The first kappa shape index (κ1) is 26.3. The molecule has 4 N–H and O–H groups in total. The molecule has 11 nitrogen and oxygen atoms in total. The monoisotopic (exact) mass is 560 g/mol. The molecule has 40 heavy (non-hydrogen) atoms. The standard InChI is InChI=1S/C28H32N8O3S/c1-27(2,26(38)39)12-16-14-40-25(31-16)28(3)18-20(29)32-22(33-21(18)34-24(28)37)19-17-10-7-11-30-23(17)36(35-19)13-15-8-5-4-6-9-15/h7,10-11,14-15H,4-6,8-9,12-13H2,1-3H3,(H,38,39)(H3,29,32,33,34,37)/t28-/m0/s1. The molecule has 0 spiro atoms. The summed E-state index contributed by atoms with van der Waals surface area (Å²) in [4.78, 5) is 43.6. The molecule has 6 rings (SSSR count). The summed E-state index contributed by atoms with van der Waals surface area (Å²) < 4.78 is 1.95. The highest BCUT2D eigenvalue weighted by Gasteiger charge is 2.50. The number of carbonyl (C=O) groups excluding carboxylic acids is 1. The van der Waals surface area contributed by atoms with Crippen LogP contribution in [0.3, 0.4) is 0 Å². The largest absolute Gasteiger partial charge is 0.481 e. The van der Waals surface area contributed by atoms with E-state index in [9.17, 15) is 14.7 Å². The van der Waals surface area contributed by atoms with Crippen LogP contribution in [0.15, 0.2) is 23.7 Å². The summed E-state index contributed by atoms with van der Waals surface area (Å²) in [6.07, 6.45) is 8.13. The van der Waals surface area contributed by atoms with E-state index in [-0.39, 0.29) is 18.1 Å². The molecule has 5 heterocycles. The number of pyridine rings is 1. The number of nitrogens with zero attached hydrogens (tertiary/aromatic N) is 6. The Bertz CT molecular complexity index is 1640. The van der Waals surface area contributed by atoms with Crippen molar-refractivity contribution in [2.75, 3.05) is 11.1 Å². The third-order valence-electron chi connectivity index (χ3n) is 8.18. The van der Waals surface area contributed by atoms with Crippen LogP contribution in [0.5, 0.6) is 0 Å². The second kappa shape index (κ2) is 9.61. The number of fused-ring (bicyclic) bond motifs is 2. The fraction of sp³-hybridized carbons (Fsp3) is 0.464. The Kier molecular flexibility index (Phi) is 6.32. The Morgan fingerprint density at radius 1 is 1.25 bits per heavy atom. The third-order valence-corrected chi connectivity index (χ3v) is 9.29. The van der Waals surface area contributed by atoms with E-state index in [0.717, 1.165) is 17.6 Å². The van der Waals surface area contributed by atoms with E-state index < -0.39 is 16.8 Å². The minimum absolute atomic E-state index is 0.169. The Hall–Kier alpha value is -3.93. The molecule has 1 aliphatic carbocycles. The number of nitrogens with two attached hydrogens (primary N) is 1. The maximum atomic E-state index is 13.4. The lowest BCUT2D eigenvalue weighted by molar-refractivity contribution is -0.146. The number of aliphatic carboxylic acids is 1. The molecule has 1 amide bonds. The number of rotatable bonds is 7. The Balaban J connectivity index is 1.37. The van der Waals surface area contributed by atoms with Gasteiger partial charge in [0.05, 0.1) is 22.1 Å². The van der Waals surface area contributed by atoms with Crippen LogP contribution in [0.25, 0.3) is 22.6 Å². The van der Waals surface area contributed by atoms with Gasteiger partial charge in [0.2, 0.25) is 5.91 Å². The molecular weight excluding hydrogens is 528 g/mol. The van der Waals surface area contributed by atoms with Gasteiger partial charge in [0.15, 0.2) is 11.5 Å². The fourth-order valence-electron chi connectivity index (χ4n) is 5.78. The first-order chi connectivity index (χ1) is 19.1. The second-order valence-electron chi connectivity index (χ2n) is 11.7. The number of anilines is 2. The number of carboxylic acids is 1. The Labute approximate surface area is 235 Å². The minimum atomic E-state index is -1.21. The molecule has 2 aliphatic rings. The number of nitrogen functional groups attached to an aromatic ring is 1. The lowest BCUT2D eigenvalue weighted by Gasteiger charge is -2.21. The van der Waals surface area contributed by atoms with Gasteiger partial charge in [0.1, 0.15) is 27.8 Å². The molecule has 1 saturated carbocycles. The Morgan fingerprint density at radius 3 is 2.77 bits per heavy atom. The van der Waals surface area contributed by atoms with E-state index in [1.807, 2.05) is 16.8 Å². The molecule has 0 unspecified atom stereocenters. The van der Waals surface area contributed by atoms with Crippen LogP contribution >= 0.6 is 11.3 Å². The predicted molar refractivity (Wildman–Crippen MR) is 152 cm³/mol. The van der Waals surface area contributed by atoms with Crippen molar-refractivity contribution in [3.8, 4) is 11.5 Å². The van der Waals surface area contributed by atoms with Crippen molar-refractivity contribution in [1.82, 2.24) is 29.7 Å². The van der Waals surface area contributed by atoms with Crippen molar-refractivity contribution >= 4 is 45.9 Å². The number of carboxylic acid groups (broad SMARTS) is 1. The quantitative estimate of drug-likeness (QED) is 0.297. The second-order valence-corrected chi connectivity index (χ2v) is 12.5. The van der Waals surface area contributed by atoms with Gasteiger partial charge in [-0.05, 0) is 51.7 Å². The van der Waals surface area contributed by atoms with E-state index in [4.69, 9.17) is 15.8 Å². The van der Waals surface area contributed by atoms with Gasteiger partial charge in [0, 0.05) is 24.5 Å². The summed E-state index contributed by atoms with van der Waals surface area (Å²) in [7, 11) is 0. The predicted octanol–water partition coefficient (Wildman–Crippen LogP) is 4.42. The summed E-state index contributed by atoms with van der Waals surface area (Å²) in [5.74, 6) is 0.157. The first-order valence-corrected chi connectivity index (χ1v) is 14.5. The van der Waals surface area contributed by atoms with E-state index in [2.05, 4.69) is 20.3 Å². The fourth-order valence-corrected chi connectivity index (χ4v) is 6.76. The molecule has 0 aromatic carbocycles. The summed E-state index contributed by atoms with van der Waals surface area (Å²) in [6, 6.07) is 3.81. The van der Waals surface area contributed by atoms with Crippen LogP contribution in [0, 0.1) is 11.3 Å². The summed E-state index contributed by atoms with van der Waals surface area (Å²) >= 11 is 1.30. The molecule has 1 atom stereocenters. The van der Waals surface area contributed by atoms with Gasteiger partial charge in [-0.15, -0.1) is 11.3 Å². The molecule has 4 aromatic heterocycles. The Morgan fingerprint density at radius 2 is 2.02 bits per heavy atom. The zero-order chi connectivity index (χ0) is 28.2. The molecule has 1 aliphatic heterocycles. The smallest absolute Gasteiger partial charge is 0.309 e. The van der Waals surface area contributed by atoms with Crippen LogP contribution in [0.2, 0.25) is 0 Å². The van der Waals surface area contributed by atoms with Gasteiger partial charge in [-0.3, -0.25) is 9.59 Å². The molecule has 0 bridgehead atoms. The number of aromatic nitrogens is 6. The van der Waals surface area contributed by atoms with Crippen molar-refractivity contribution in [3.63, 3.8) is 0 Å². The number of thiazole rings is 1. The molecule has 208 valence electrons. The lowest BCUT2D eigenvalue weighted by Crippen LogP contribution is -2.33. The van der Waals surface area contributed by atoms with Crippen molar-refractivity contribution in [3.05, 3.63) is 40.0 Å². The van der Waals surface area contributed by atoms with E-state index in [1.54, 1.807) is 32.3 Å². The van der Waals surface area contributed by atoms with Crippen LogP contribution in [0.4, 0.5) is 11.6 Å². The topological polar surface area (TPSA) is 162 Å². The number of hydrogen-bond acceptors (Lipinski definition) is 9. The number of amides is 1. The third kappa shape index (κ3) is 4.30. The maximum Gasteiger partial charge on any atom is 0.309 e. The molecule has 0 saturated heterocycles. The van der Waals surface area contributed by atoms with Gasteiger partial charge in [-0.1, -0.05) is 19.3 Å². The van der Waals surface area contributed by atoms with Crippen molar-refractivity contribution in [2.45, 2.75) is 71.3 Å². The SMILES string of the molecule is CC(C)(Cc1csc([C@]2(C)C(=O)Nc3nc(-c4nn(CC5CCCCC5)c5ncccc45)nc(N)c32)n1)C(=O)O. The molecular formula is C28H32N8O3S. The summed E-state index contributed by atoms with van der Waals surface area (Å²) in [5.41, 5.74) is 6.76. The van der Waals surface area contributed by atoms with Gasteiger partial charge < -0.3 is 16.2 Å². The zero-order valence-corrected chi connectivity index (χ0v) is 23.6. The highest BCUT2D eigenvalue weighted by Crippen LogP contribution is 2.46. The van der Waals surface area contributed by atoms with Gasteiger partial charge in [0.25, 0.3) is 0 Å². The van der Waals surface area contributed by atoms with Gasteiger partial charge in [-0.2, -0.15) is 5.10 Å². The zero-order valence-electron chi connectivity index (χ0n) is 22.8. The minimum Gasteiger partial charge on any atom is -0.481 e. The highest BCUT2D eigenvalue weighted by atomic mass is 32.1. The van der Waals surface area contributed by atoms with Gasteiger partial charge in [-0.25, -0.2) is 24.6 Å². The summed E-state index contributed by atoms with van der Waals surface area (Å²) in [6.45, 7) is 5.83. The maximum absolute atomic E-state index is 13.4. The van der Waals surface area contributed by atoms with Crippen LogP contribution < -0.4 is 11.1 Å². The molecule has 12 heteroatoms. The van der Waals surface area contributed by atoms with Crippen molar-refractivity contribution < 1.29 is 14.7 Å². The molecule has 1 fully saturated rings. The normalized spacial score (nSPS) is 19.6. The summed E-state index contributed by atoms with van der Waals surface area (Å²) in [5, 5.41) is 20.4. The van der Waals surface area contributed by atoms with Crippen LogP contribution in [-0.4, -0.2) is 46.7 Å². The first-order valence-electron chi connectivity index (χ1n) is 13.6. The van der Waals surface area contributed by atoms with Crippen molar-refractivity contribution in [1.29, 1.82) is 0 Å². The number of carbonyl (C=O) groups is 2. The molecule has 0 radical (unpaired) electrons. The number of hydrogen-bond donors (Lipinski definition) is 3. The van der Waals surface area contributed by atoms with E-state index >= 15 is 0 Å². The van der Waals surface area contributed by atoms with E-state index in [0.29, 0.717) is 39.5 Å².